The molecular weight excluding hydrogens is 280 g/mol. The van der Waals surface area contributed by atoms with Crippen LogP contribution in [0.15, 0.2) is 16.8 Å². The van der Waals surface area contributed by atoms with Crippen molar-refractivity contribution in [1.29, 1.82) is 0 Å². The monoisotopic (exact) mass is 298 g/mol. The van der Waals surface area contributed by atoms with Crippen molar-refractivity contribution in [2.75, 3.05) is 18.5 Å². The van der Waals surface area contributed by atoms with E-state index in [1.807, 2.05) is 19.9 Å². The molecule has 1 atom stereocenters. The average molecular weight is 298 g/mol. The lowest BCUT2D eigenvalue weighted by Crippen LogP contribution is -2.19. The standard InChI is InChI=1S/C16H18N4O2/c1-9-6-10(2)20-16-12(9)13-14(22-16)15(19-8-18-13)17-7-11-4-3-5-21-11/h6,8,11H,3-5,7H2,1-2H3,(H,17,18,19)/t11-/m1/s1. The summed E-state index contributed by atoms with van der Waals surface area (Å²) >= 11 is 0. The van der Waals surface area contributed by atoms with Crippen molar-refractivity contribution in [3.8, 4) is 0 Å². The van der Waals surface area contributed by atoms with Crippen LogP contribution < -0.4 is 5.32 Å². The zero-order valence-electron chi connectivity index (χ0n) is 12.7. The fourth-order valence-corrected chi connectivity index (χ4v) is 3.05. The van der Waals surface area contributed by atoms with Crippen molar-refractivity contribution >= 4 is 28.0 Å². The van der Waals surface area contributed by atoms with Gasteiger partial charge in [-0.25, -0.2) is 15.0 Å². The highest BCUT2D eigenvalue weighted by molar-refractivity contribution is 6.05. The maximum atomic E-state index is 5.92. The molecule has 3 aromatic rings. The van der Waals surface area contributed by atoms with Crippen LogP contribution in [0.5, 0.6) is 0 Å². The van der Waals surface area contributed by atoms with Gasteiger partial charge in [-0.3, -0.25) is 0 Å². The Morgan fingerprint density at radius 1 is 1.32 bits per heavy atom. The summed E-state index contributed by atoms with van der Waals surface area (Å²) in [5.41, 5.74) is 4.14. The van der Waals surface area contributed by atoms with E-state index in [-0.39, 0.29) is 6.10 Å². The molecule has 0 radical (unpaired) electrons. The Kier molecular flexibility index (Phi) is 3.18. The summed E-state index contributed by atoms with van der Waals surface area (Å²) in [6, 6.07) is 2.04. The Balaban J connectivity index is 1.77. The molecule has 22 heavy (non-hydrogen) atoms. The van der Waals surface area contributed by atoms with E-state index in [1.54, 1.807) is 6.33 Å². The summed E-state index contributed by atoms with van der Waals surface area (Å²) in [4.78, 5) is 13.2. The van der Waals surface area contributed by atoms with Gasteiger partial charge in [0.1, 0.15) is 11.8 Å². The van der Waals surface area contributed by atoms with Crippen LogP contribution in [-0.2, 0) is 4.74 Å². The van der Waals surface area contributed by atoms with E-state index in [4.69, 9.17) is 9.15 Å². The lowest BCUT2D eigenvalue weighted by atomic mass is 10.1. The molecule has 1 aliphatic heterocycles. The van der Waals surface area contributed by atoms with Gasteiger partial charge in [-0.05, 0) is 38.3 Å². The summed E-state index contributed by atoms with van der Waals surface area (Å²) in [5, 5.41) is 4.29. The Bertz CT molecular complexity index is 837. The minimum Gasteiger partial charge on any atom is -0.432 e. The van der Waals surface area contributed by atoms with E-state index in [1.165, 1.54) is 0 Å². The molecule has 1 N–H and O–H groups in total. The summed E-state index contributed by atoms with van der Waals surface area (Å²) < 4.78 is 11.6. The number of aromatic nitrogens is 3. The lowest BCUT2D eigenvalue weighted by molar-refractivity contribution is 0.120. The SMILES string of the molecule is Cc1cc(C)c2c(n1)oc1c(NC[C@H]3CCCO3)ncnc12. The second kappa shape index (κ2) is 5.21. The fourth-order valence-electron chi connectivity index (χ4n) is 3.05. The summed E-state index contributed by atoms with van der Waals surface area (Å²) in [6.07, 6.45) is 4.02. The molecule has 0 bridgehead atoms. The van der Waals surface area contributed by atoms with Crippen LogP contribution in [0.4, 0.5) is 5.82 Å². The van der Waals surface area contributed by atoms with Crippen molar-refractivity contribution in [2.45, 2.75) is 32.8 Å². The van der Waals surface area contributed by atoms with Crippen molar-refractivity contribution < 1.29 is 9.15 Å². The molecule has 0 spiro atoms. The number of fused-ring (bicyclic) bond motifs is 3. The number of rotatable bonds is 3. The molecule has 3 aromatic heterocycles. The Hall–Kier alpha value is -2.21. The predicted octanol–water partition coefficient (Wildman–Crippen LogP) is 2.98. The van der Waals surface area contributed by atoms with Crippen LogP contribution in [0.2, 0.25) is 0 Å². The van der Waals surface area contributed by atoms with Crippen molar-refractivity contribution in [2.24, 2.45) is 0 Å². The molecular formula is C16H18N4O2. The lowest BCUT2D eigenvalue weighted by Gasteiger charge is -2.10. The van der Waals surface area contributed by atoms with Crippen LogP contribution in [0.25, 0.3) is 22.2 Å². The van der Waals surface area contributed by atoms with Gasteiger partial charge in [0.05, 0.1) is 11.5 Å². The van der Waals surface area contributed by atoms with Gasteiger partial charge in [-0.1, -0.05) is 0 Å². The van der Waals surface area contributed by atoms with Gasteiger partial charge >= 0.3 is 0 Å². The quantitative estimate of drug-likeness (QED) is 0.801. The molecule has 4 rings (SSSR count). The second-order valence-electron chi connectivity index (χ2n) is 5.78. The van der Waals surface area contributed by atoms with Crippen molar-refractivity contribution in [3.63, 3.8) is 0 Å². The molecule has 0 unspecified atom stereocenters. The molecule has 4 heterocycles. The van der Waals surface area contributed by atoms with Gasteiger partial charge < -0.3 is 14.5 Å². The molecule has 1 saturated heterocycles. The molecule has 6 nitrogen and oxygen atoms in total. The average Bonchev–Trinajstić information content (AvgIpc) is 3.11. The fraction of sp³-hybridized carbons (Fsp3) is 0.438. The van der Waals surface area contributed by atoms with Crippen LogP contribution in [0.1, 0.15) is 24.1 Å². The summed E-state index contributed by atoms with van der Waals surface area (Å²) in [7, 11) is 0. The first-order chi connectivity index (χ1) is 10.7. The Morgan fingerprint density at radius 3 is 3.05 bits per heavy atom. The van der Waals surface area contributed by atoms with Gasteiger partial charge in [-0.2, -0.15) is 0 Å². The normalized spacial score (nSPS) is 18.4. The highest BCUT2D eigenvalue weighted by Gasteiger charge is 2.19. The molecule has 0 aromatic carbocycles. The van der Waals surface area contributed by atoms with Gasteiger partial charge in [0.2, 0.25) is 5.71 Å². The maximum Gasteiger partial charge on any atom is 0.229 e. The minimum absolute atomic E-state index is 0.247. The minimum atomic E-state index is 0.247. The number of aryl methyl sites for hydroxylation is 2. The van der Waals surface area contributed by atoms with Crippen molar-refractivity contribution in [3.05, 3.63) is 23.7 Å². The van der Waals surface area contributed by atoms with Crippen LogP contribution in [0, 0.1) is 13.8 Å². The number of anilines is 1. The number of hydrogen-bond acceptors (Lipinski definition) is 6. The van der Waals surface area contributed by atoms with E-state index in [2.05, 4.69) is 20.3 Å². The molecule has 0 saturated carbocycles. The van der Waals surface area contributed by atoms with Crippen molar-refractivity contribution in [1.82, 2.24) is 15.0 Å². The number of pyridine rings is 1. The zero-order chi connectivity index (χ0) is 15.1. The smallest absolute Gasteiger partial charge is 0.229 e. The van der Waals surface area contributed by atoms with Crippen LogP contribution in [-0.4, -0.2) is 34.2 Å². The number of nitrogens with zero attached hydrogens (tertiary/aromatic N) is 3. The molecule has 0 amide bonds. The number of hydrogen-bond donors (Lipinski definition) is 1. The Morgan fingerprint density at radius 2 is 2.23 bits per heavy atom. The van der Waals surface area contributed by atoms with Gasteiger partial charge in [-0.15, -0.1) is 0 Å². The topological polar surface area (TPSA) is 73.1 Å². The molecule has 1 aliphatic rings. The summed E-state index contributed by atoms with van der Waals surface area (Å²) in [5.74, 6) is 0.704. The number of nitrogens with one attached hydrogen (secondary N) is 1. The molecule has 0 aliphatic carbocycles. The largest absolute Gasteiger partial charge is 0.432 e. The molecule has 6 heteroatoms. The first-order valence-electron chi connectivity index (χ1n) is 7.59. The summed E-state index contributed by atoms with van der Waals surface area (Å²) in [6.45, 7) is 5.59. The van der Waals surface area contributed by atoms with Gasteiger partial charge in [0, 0.05) is 18.8 Å². The third-order valence-corrected chi connectivity index (χ3v) is 4.07. The highest BCUT2D eigenvalue weighted by atomic mass is 16.5. The van der Waals surface area contributed by atoms with E-state index in [9.17, 15) is 0 Å². The first kappa shape index (κ1) is 13.5. The maximum absolute atomic E-state index is 5.92. The van der Waals surface area contributed by atoms with Crippen LogP contribution in [0.3, 0.4) is 0 Å². The predicted molar refractivity (Wildman–Crippen MR) is 84.0 cm³/mol. The van der Waals surface area contributed by atoms with Gasteiger partial charge in [0.25, 0.3) is 0 Å². The van der Waals surface area contributed by atoms with Crippen LogP contribution >= 0.6 is 0 Å². The highest BCUT2D eigenvalue weighted by Crippen LogP contribution is 2.32. The molecule has 114 valence electrons. The zero-order valence-corrected chi connectivity index (χ0v) is 12.7. The van der Waals surface area contributed by atoms with E-state index in [0.29, 0.717) is 17.1 Å². The van der Waals surface area contributed by atoms with E-state index >= 15 is 0 Å². The third-order valence-electron chi connectivity index (χ3n) is 4.07. The first-order valence-corrected chi connectivity index (χ1v) is 7.59. The van der Waals surface area contributed by atoms with Gasteiger partial charge in [0.15, 0.2) is 11.4 Å². The van der Waals surface area contributed by atoms with E-state index < -0.39 is 0 Å². The molecule has 1 fully saturated rings. The second-order valence-corrected chi connectivity index (χ2v) is 5.78. The number of ether oxygens (including phenoxy) is 1. The number of furan rings is 1. The van der Waals surface area contributed by atoms with E-state index in [0.717, 1.165) is 48.2 Å². The Labute approximate surface area is 127 Å². The third kappa shape index (κ3) is 2.20.